The molecule has 6 nitrogen and oxygen atoms in total. The summed E-state index contributed by atoms with van der Waals surface area (Å²) in [5.41, 5.74) is 0. The number of carbonyl (C=O) groups excluding carboxylic acids is 2. The lowest BCUT2D eigenvalue weighted by atomic mass is 10.3. The van der Waals surface area contributed by atoms with Gasteiger partial charge in [-0.25, -0.2) is 0 Å². The minimum absolute atomic E-state index is 0.0275. The Balaban J connectivity index is 3.94. The first-order valence-corrected chi connectivity index (χ1v) is 13.5. The van der Waals surface area contributed by atoms with Crippen molar-refractivity contribution in [2.45, 2.75) is 65.2 Å². The number of amides is 2. The summed E-state index contributed by atoms with van der Waals surface area (Å²) in [5, 5.41) is 0. The molecule has 2 unspecified atom stereocenters. The van der Waals surface area contributed by atoms with E-state index in [1.54, 1.807) is 23.9 Å². The lowest BCUT2D eigenvalue weighted by Crippen LogP contribution is -2.37. The van der Waals surface area contributed by atoms with Crippen molar-refractivity contribution < 1.29 is 18.0 Å². The monoisotopic (exact) mass is 436 g/mol. The van der Waals surface area contributed by atoms with E-state index in [9.17, 15) is 18.0 Å². The molecule has 28 heavy (non-hydrogen) atoms. The van der Waals surface area contributed by atoms with Gasteiger partial charge in [-0.2, -0.15) is 0 Å². The fourth-order valence-corrected chi connectivity index (χ4v) is 5.08. The summed E-state index contributed by atoms with van der Waals surface area (Å²) in [7, 11) is 1.84. The SMILES string of the molecule is CCCCS(=O)CCCC(=O)N(C)CCN(C)C(=O)CCCS(=O)CCCC. The van der Waals surface area contributed by atoms with Gasteiger partial charge in [0.1, 0.15) is 0 Å². The van der Waals surface area contributed by atoms with Crippen LogP contribution in [0.3, 0.4) is 0 Å². The van der Waals surface area contributed by atoms with Crippen molar-refractivity contribution in [2.75, 3.05) is 50.2 Å². The van der Waals surface area contributed by atoms with Crippen molar-refractivity contribution in [3.05, 3.63) is 0 Å². The Morgan fingerprint density at radius 2 is 0.964 bits per heavy atom. The van der Waals surface area contributed by atoms with Crippen LogP contribution < -0.4 is 0 Å². The predicted molar refractivity (Wildman–Crippen MR) is 119 cm³/mol. The van der Waals surface area contributed by atoms with E-state index in [-0.39, 0.29) is 11.8 Å². The van der Waals surface area contributed by atoms with Crippen molar-refractivity contribution in [3.8, 4) is 0 Å². The first-order valence-electron chi connectivity index (χ1n) is 10.5. The number of rotatable bonds is 17. The van der Waals surface area contributed by atoms with Crippen LogP contribution in [0, 0.1) is 0 Å². The molecule has 8 heteroatoms. The molecule has 0 N–H and O–H groups in total. The van der Waals surface area contributed by atoms with Crippen LogP contribution in [0.2, 0.25) is 0 Å². The molecule has 0 aromatic carbocycles. The van der Waals surface area contributed by atoms with Gasteiger partial charge in [0.2, 0.25) is 11.8 Å². The van der Waals surface area contributed by atoms with Crippen LogP contribution in [0.5, 0.6) is 0 Å². The molecule has 2 atom stereocenters. The van der Waals surface area contributed by atoms with Crippen LogP contribution in [0.25, 0.3) is 0 Å². The van der Waals surface area contributed by atoms with Gasteiger partial charge in [-0.3, -0.25) is 18.0 Å². The Morgan fingerprint density at radius 3 is 1.29 bits per heavy atom. The molecular weight excluding hydrogens is 396 g/mol. The summed E-state index contributed by atoms with van der Waals surface area (Å²) in [5.74, 6) is 2.66. The van der Waals surface area contributed by atoms with E-state index in [0.29, 0.717) is 50.3 Å². The third-order valence-corrected chi connectivity index (χ3v) is 7.57. The van der Waals surface area contributed by atoms with Gasteiger partial charge in [-0.1, -0.05) is 26.7 Å². The molecule has 0 fully saturated rings. The molecule has 0 aromatic heterocycles. The topological polar surface area (TPSA) is 74.8 Å². The van der Waals surface area contributed by atoms with E-state index in [2.05, 4.69) is 13.8 Å². The van der Waals surface area contributed by atoms with Gasteiger partial charge < -0.3 is 9.80 Å². The highest BCUT2D eigenvalue weighted by Crippen LogP contribution is 2.03. The highest BCUT2D eigenvalue weighted by molar-refractivity contribution is 7.85. The lowest BCUT2D eigenvalue weighted by Gasteiger charge is -2.22. The van der Waals surface area contributed by atoms with Crippen molar-refractivity contribution >= 4 is 33.4 Å². The van der Waals surface area contributed by atoms with Crippen molar-refractivity contribution in [2.24, 2.45) is 0 Å². The van der Waals surface area contributed by atoms with Crippen LogP contribution in [0.4, 0.5) is 0 Å². The molecule has 0 bridgehead atoms. The summed E-state index contributed by atoms with van der Waals surface area (Å²) >= 11 is 0. The summed E-state index contributed by atoms with van der Waals surface area (Å²) in [6, 6.07) is 0. The molecule has 0 aliphatic carbocycles. The van der Waals surface area contributed by atoms with Gasteiger partial charge in [0.15, 0.2) is 0 Å². The molecule has 166 valence electrons. The molecule has 0 spiro atoms. The number of hydrogen-bond donors (Lipinski definition) is 0. The number of likely N-dealkylation sites (N-methyl/N-ethyl adjacent to an activating group) is 2. The average Bonchev–Trinajstić information content (AvgIpc) is 2.68. The van der Waals surface area contributed by atoms with Gasteiger partial charge in [-0.15, -0.1) is 0 Å². The molecule has 0 aromatic rings. The highest BCUT2D eigenvalue weighted by atomic mass is 32.2. The van der Waals surface area contributed by atoms with E-state index in [0.717, 1.165) is 37.2 Å². The maximum atomic E-state index is 12.1. The second-order valence-electron chi connectivity index (χ2n) is 7.24. The van der Waals surface area contributed by atoms with Crippen LogP contribution in [0.15, 0.2) is 0 Å². The van der Waals surface area contributed by atoms with Crippen molar-refractivity contribution in [1.82, 2.24) is 9.80 Å². The molecule has 0 aliphatic heterocycles. The zero-order chi connectivity index (χ0) is 21.4. The van der Waals surface area contributed by atoms with Gasteiger partial charge in [0.25, 0.3) is 0 Å². The molecule has 0 aliphatic rings. The smallest absolute Gasteiger partial charge is 0.222 e. The largest absolute Gasteiger partial charge is 0.344 e. The fraction of sp³-hybridized carbons (Fsp3) is 0.900. The Bertz CT molecular complexity index is 457. The van der Waals surface area contributed by atoms with Crippen molar-refractivity contribution in [1.29, 1.82) is 0 Å². The van der Waals surface area contributed by atoms with E-state index in [1.807, 2.05) is 0 Å². The van der Waals surface area contributed by atoms with Crippen LogP contribution in [-0.4, -0.2) is 80.2 Å². The van der Waals surface area contributed by atoms with Crippen LogP contribution in [-0.2, 0) is 31.2 Å². The average molecular weight is 437 g/mol. The Labute approximate surface area is 176 Å². The zero-order valence-electron chi connectivity index (χ0n) is 18.2. The maximum absolute atomic E-state index is 12.1. The molecule has 0 saturated carbocycles. The fourth-order valence-electron chi connectivity index (χ4n) is 2.51. The summed E-state index contributed by atoms with van der Waals surface area (Å²) in [6.07, 6.45) is 6.09. The molecule has 0 heterocycles. The number of unbranched alkanes of at least 4 members (excludes halogenated alkanes) is 2. The first kappa shape index (κ1) is 27.2. The van der Waals surface area contributed by atoms with E-state index >= 15 is 0 Å². The third-order valence-electron chi connectivity index (χ3n) is 4.60. The van der Waals surface area contributed by atoms with E-state index < -0.39 is 21.6 Å². The molecule has 0 saturated heterocycles. The van der Waals surface area contributed by atoms with Gasteiger partial charge in [0, 0.05) is 84.6 Å². The van der Waals surface area contributed by atoms with E-state index in [1.165, 1.54) is 0 Å². The Morgan fingerprint density at radius 1 is 0.643 bits per heavy atom. The quantitative estimate of drug-likeness (QED) is 0.351. The normalized spacial score (nSPS) is 13.1. The highest BCUT2D eigenvalue weighted by Gasteiger charge is 2.13. The number of nitrogens with zero attached hydrogens (tertiary/aromatic N) is 2. The first-order chi connectivity index (χ1) is 13.3. The van der Waals surface area contributed by atoms with Gasteiger partial charge in [0.05, 0.1) is 0 Å². The maximum Gasteiger partial charge on any atom is 0.222 e. The van der Waals surface area contributed by atoms with Crippen molar-refractivity contribution in [3.63, 3.8) is 0 Å². The number of carbonyl (C=O) groups is 2. The summed E-state index contributed by atoms with van der Waals surface area (Å²) in [6.45, 7) is 5.13. The summed E-state index contributed by atoms with van der Waals surface area (Å²) < 4.78 is 23.5. The standard InChI is InChI=1S/C20H40N2O4S2/c1-5-7-15-27(25)17-9-11-19(23)21(3)13-14-22(4)20(24)12-10-18-28(26)16-8-6-2/h5-18H2,1-4H3. The number of hydrogen-bond acceptors (Lipinski definition) is 4. The second-order valence-corrected chi connectivity index (χ2v) is 10.6. The molecule has 0 rings (SSSR count). The van der Waals surface area contributed by atoms with Crippen LogP contribution >= 0.6 is 0 Å². The third kappa shape index (κ3) is 14.3. The van der Waals surface area contributed by atoms with E-state index in [4.69, 9.17) is 0 Å². The zero-order valence-corrected chi connectivity index (χ0v) is 19.9. The Kier molecular flexibility index (Phi) is 16.7. The second kappa shape index (κ2) is 17.1. The minimum atomic E-state index is -0.821. The molecule has 2 amide bonds. The Hall–Kier alpha value is -0.760. The van der Waals surface area contributed by atoms with Gasteiger partial charge >= 0.3 is 0 Å². The van der Waals surface area contributed by atoms with Crippen LogP contribution in [0.1, 0.15) is 65.2 Å². The minimum Gasteiger partial charge on any atom is -0.344 e. The lowest BCUT2D eigenvalue weighted by molar-refractivity contribution is -0.133. The predicted octanol–water partition coefficient (Wildman–Crippen LogP) is 2.56. The molecule has 0 radical (unpaired) electrons. The summed E-state index contributed by atoms with van der Waals surface area (Å²) in [4.78, 5) is 27.6. The van der Waals surface area contributed by atoms with Gasteiger partial charge in [-0.05, 0) is 25.7 Å². The molecular formula is C20H40N2O4S2.